The number of alkyl halides is 4. The molecule has 0 radical (unpaired) electrons. The number of rotatable bonds is 7. The predicted molar refractivity (Wildman–Crippen MR) is 181 cm³/mol. The molecule has 9 nitrogen and oxygen atoms in total. The number of hydrogen-bond donors (Lipinski definition) is 1. The molecule has 1 aliphatic carbocycles. The number of nitrogens with two attached hydrogens (primary N) is 1. The van der Waals surface area contributed by atoms with Crippen molar-refractivity contribution in [2.45, 2.75) is 62.5 Å². The van der Waals surface area contributed by atoms with Crippen LogP contribution in [0.25, 0.3) is 32.1 Å². The van der Waals surface area contributed by atoms with Gasteiger partial charge in [0.2, 0.25) is 5.91 Å². The van der Waals surface area contributed by atoms with Gasteiger partial charge in [0.25, 0.3) is 0 Å². The van der Waals surface area contributed by atoms with Crippen molar-refractivity contribution >= 4 is 49.1 Å². The lowest BCUT2D eigenvalue weighted by Gasteiger charge is -2.31. The molecule has 3 fully saturated rings. The first-order chi connectivity index (χ1) is 24.1. The maximum absolute atomic E-state index is 17.1. The highest BCUT2D eigenvalue weighted by Crippen LogP contribution is 2.49. The van der Waals surface area contributed by atoms with Gasteiger partial charge in [-0.1, -0.05) is 6.07 Å². The number of carbonyl (C=O) groups is 1. The van der Waals surface area contributed by atoms with Crippen LogP contribution in [-0.2, 0) is 11.0 Å². The Bertz CT molecular complexity index is 2100. The van der Waals surface area contributed by atoms with Crippen LogP contribution in [0.2, 0.25) is 0 Å². The Labute approximate surface area is 293 Å². The predicted octanol–water partition coefficient (Wildman–Crippen LogP) is 6.91. The molecule has 1 amide bonds. The molecule has 0 spiro atoms. The normalized spacial score (nSPS) is 23.6. The quantitative estimate of drug-likeness (QED) is 0.204. The van der Waals surface area contributed by atoms with E-state index in [1.807, 2.05) is 11.0 Å². The zero-order valence-electron chi connectivity index (χ0n) is 28.1. The zero-order valence-corrected chi connectivity index (χ0v) is 28.9. The summed E-state index contributed by atoms with van der Waals surface area (Å²) in [6.45, 7) is 0.928. The number of fused-ring (bicyclic) bond motifs is 3. The molecule has 16 heteroatoms. The summed E-state index contributed by atoms with van der Waals surface area (Å²) in [6.07, 6.45) is -2.98. The highest BCUT2D eigenvalue weighted by Gasteiger charge is 2.49. The van der Waals surface area contributed by atoms with Crippen molar-refractivity contribution in [1.82, 2.24) is 19.8 Å². The first-order valence-corrected chi connectivity index (χ1v) is 17.4. The molecule has 2 N–H and O–H groups in total. The molecule has 4 atom stereocenters. The Morgan fingerprint density at radius 3 is 2.69 bits per heavy atom. The van der Waals surface area contributed by atoms with E-state index in [0.29, 0.717) is 43.6 Å². The fourth-order valence-corrected chi connectivity index (χ4v) is 9.19. The van der Waals surface area contributed by atoms with Gasteiger partial charge in [-0.15, -0.1) is 11.3 Å². The van der Waals surface area contributed by atoms with E-state index >= 15 is 17.6 Å². The fourth-order valence-electron chi connectivity index (χ4n) is 8.24. The number of ether oxygens (including phenoxy) is 1. The number of amides is 1. The first-order valence-electron chi connectivity index (χ1n) is 16.6. The number of nitrogens with zero attached hydrogens (tertiary/aromatic N) is 6. The molecule has 4 heterocycles. The summed E-state index contributed by atoms with van der Waals surface area (Å²) < 4.78 is 97.5. The lowest BCUT2D eigenvalue weighted by atomic mass is 9.92. The zero-order chi connectivity index (χ0) is 36.6. The minimum Gasteiger partial charge on any atom is -0.461 e. The van der Waals surface area contributed by atoms with Crippen molar-refractivity contribution in [1.29, 1.82) is 5.26 Å². The molecular weight excluding hydrogens is 696 g/mol. The van der Waals surface area contributed by atoms with Gasteiger partial charge in [0.05, 0.1) is 21.4 Å². The van der Waals surface area contributed by atoms with E-state index < -0.39 is 46.2 Å². The summed E-state index contributed by atoms with van der Waals surface area (Å²) in [5.74, 6) is -2.62. The van der Waals surface area contributed by atoms with E-state index in [9.17, 15) is 18.8 Å². The summed E-state index contributed by atoms with van der Waals surface area (Å²) in [6, 6.07) is 3.85. The number of nitrogen functional groups attached to an aromatic ring is 1. The Balaban J connectivity index is 1.42. The van der Waals surface area contributed by atoms with Crippen LogP contribution in [0.3, 0.4) is 0 Å². The Morgan fingerprint density at radius 1 is 1.22 bits per heavy atom. The summed E-state index contributed by atoms with van der Waals surface area (Å²) >= 11 is 0.681. The van der Waals surface area contributed by atoms with Gasteiger partial charge in [0.15, 0.2) is 5.82 Å². The van der Waals surface area contributed by atoms with Crippen LogP contribution < -0.4 is 15.4 Å². The van der Waals surface area contributed by atoms with E-state index in [-0.39, 0.29) is 80.9 Å². The van der Waals surface area contributed by atoms with Gasteiger partial charge >= 0.3 is 12.2 Å². The molecule has 3 aliphatic rings. The first kappa shape index (κ1) is 35.1. The van der Waals surface area contributed by atoms with Crippen molar-refractivity contribution in [2.24, 2.45) is 5.92 Å². The van der Waals surface area contributed by atoms with Crippen molar-refractivity contribution in [3.63, 3.8) is 0 Å². The summed E-state index contributed by atoms with van der Waals surface area (Å²) in [5, 5.41) is 9.22. The Morgan fingerprint density at radius 2 is 1.98 bits per heavy atom. The van der Waals surface area contributed by atoms with Gasteiger partial charge in [-0.2, -0.15) is 28.4 Å². The van der Waals surface area contributed by atoms with E-state index in [4.69, 9.17) is 10.5 Å². The molecule has 2 aromatic heterocycles. The van der Waals surface area contributed by atoms with Crippen LogP contribution in [0.15, 0.2) is 18.2 Å². The Hall–Kier alpha value is -4.36. The van der Waals surface area contributed by atoms with Crippen LogP contribution in [0.1, 0.15) is 49.7 Å². The Kier molecular flexibility index (Phi) is 8.73. The average Bonchev–Trinajstić information content (AvgIpc) is 3.85. The smallest absolute Gasteiger partial charge is 0.417 e. The van der Waals surface area contributed by atoms with Gasteiger partial charge in [-0.25, -0.2) is 13.2 Å². The fraction of sp³-hybridized carbons (Fsp3) is 0.486. The van der Waals surface area contributed by atoms with Gasteiger partial charge in [0.1, 0.15) is 41.0 Å². The van der Waals surface area contributed by atoms with Crippen LogP contribution in [0, 0.1) is 28.9 Å². The molecule has 2 aliphatic heterocycles. The second-order valence-corrected chi connectivity index (χ2v) is 15.0. The second kappa shape index (κ2) is 12.7. The van der Waals surface area contributed by atoms with Crippen LogP contribution >= 0.6 is 11.3 Å². The molecule has 270 valence electrons. The summed E-state index contributed by atoms with van der Waals surface area (Å²) in [5.41, 5.74) is 1.90. The van der Waals surface area contributed by atoms with Crippen LogP contribution in [-0.4, -0.2) is 84.3 Å². The minimum atomic E-state index is -5.11. The van der Waals surface area contributed by atoms with E-state index in [1.165, 1.54) is 4.90 Å². The average molecular weight is 732 g/mol. The van der Waals surface area contributed by atoms with Crippen LogP contribution in [0.4, 0.5) is 37.2 Å². The lowest BCUT2D eigenvalue weighted by molar-refractivity contribution is -0.137. The number of benzene rings is 2. The van der Waals surface area contributed by atoms with E-state index in [1.54, 1.807) is 26.0 Å². The molecule has 2 saturated heterocycles. The molecule has 51 heavy (non-hydrogen) atoms. The number of halogens is 6. The minimum absolute atomic E-state index is 0.0156. The third kappa shape index (κ3) is 5.87. The third-order valence-corrected chi connectivity index (χ3v) is 11.7. The topological polar surface area (TPSA) is 112 Å². The second-order valence-electron chi connectivity index (χ2n) is 14.0. The molecule has 1 saturated carbocycles. The van der Waals surface area contributed by atoms with Crippen molar-refractivity contribution < 1.29 is 35.9 Å². The number of anilines is 2. The largest absolute Gasteiger partial charge is 0.461 e. The van der Waals surface area contributed by atoms with Crippen molar-refractivity contribution in [3.05, 3.63) is 41.0 Å². The van der Waals surface area contributed by atoms with Gasteiger partial charge in [-0.3, -0.25) is 9.69 Å². The van der Waals surface area contributed by atoms with Gasteiger partial charge in [0, 0.05) is 62.4 Å². The number of hydrogen-bond acceptors (Lipinski definition) is 9. The van der Waals surface area contributed by atoms with Gasteiger partial charge in [-0.05, 0) is 56.3 Å². The monoisotopic (exact) mass is 731 g/mol. The van der Waals surface area contributed by atoms with E-state index in [0.717, 1.165) is 24.6 Å². The standard InChI is InChI=1S/C35H35F6N7O2S/c1-46(2)32(49)17-5-6-19(11-17)47(3)31-21-12-23(35(39,40)41)26(20-7-8-24(37)29-25(20)22(14-42)30(43)51-29)27(38)28(21)44-33(45-31)50-16-34-9-4-10-48(34)15-18(36)13-34/h7-8,12,17-19H,4-6,9-11,13,15-16,43H2,1-3H3. The SMILES string of the molecule is CN(C)C(=O)C1CCC(N(C)c2nc(OCC34CCCN3CC(F)C4)nc3c(F)c(-c4ccc(F)c5sc(N)c(C#N)c45)c(C(F)(F)F)cc23)C1. The number of nitriles is 1. The van der Waals surface area contributed by atoms with Gasteiger partial charge < -0.3 is 20.3 Å². The van der Waals surface area contributed by atoms with Crippen molar-refractivity contribution in [3.8, 4) is 23.2 Å². The summed E-state index contributed by atoms with van der Waals surface area (Å²) in [7, 11) is 4.93. The maximum Gasteiger partial charge on any atom is 0.417 e. The molecule has 4 aromatic rings. The maximum atomic E-state index is 17.1. The van der Waals surface area contributed by atoms with E-state index in [2.05, 4.69) is 9.97 Å². The molecule has 2 aromatic carbocycles. The summed E-state index contributed by atoms with van der Waals surface area (Å²) in [4.78, 5) is 26.8. The lowest BCUT2D eigenvalue weighted by Crippen LogP contribution is -2.43. The highest BCUT2D eigenvalue weighted by molar-refractivity contribution is 7.23. The number of carbonyl (C=O) groups excluding carboxylic acids is 1. The highest BCUT2D eigenvalue weighted by atomic mass is 32.1. The van der Waals surface area contributed by atoms with Crippen molar-refractivity contribution in [2.75, 3.05) is 51.5 Å². The molecule has 4 unspecified atom stereocenters. The number of thiophene rings is 1. The number of aromatic nitrogens is 2. The third-order valence-electron chi connectivity index (χ3n) is 10.7. The molecule has 0 bridgehead atoms. The molecule has 7 rings (SSSR count). The molecular formula is C35H35F6N7O2S. The van der Waals surface area contributed by atoms with Crippen LogP contribution in [0.5, 0.6) is 6.01 Å².